The van der Waals surface area contributed by atoms with E-state index < -0.39 is 5.79 Å². The van der Waals surface area contributed by atoms with E-state index in [-0.39, 0.29) is 24.0 Å². The van der Waals surface area contributed by atoms with Crippen molar-refractivity contribution in [1.82, 2.24) is 4.90 Å². The molecule has 0 aliphatic carbocycles. The first kappa shape index (κ1) is 15.0. The molecule has 1 fully saturated rings. The summed E-state index contributed by atoms with van der Waals surface area (Å²) in [6, 6.07) is 9.61. The zero-order valence-electron chi connectivity index (χ0n) is 12.5. The number of carbonyl (C=O) groups excluding carboxylic acids is 1. The van der Waals surface area contributed by atoms with Gasteiger partial charge >= 0.3 is 0 Å². The maximum absolute atomic E-state index is 12.4. The van der Waals surface area contributed by atoms with Crippen LogP contribution >= 0.6 is 0 Å². The topological polar surface area (TPSA) is 49.8 Å². The molecule has 1 aromatic rings. The highest BCUT2D eigenvalue weighted by Gasteiger charge is 2.52. The van der Waals surface area contributed by atoms with Crippen molar-refractivity contribution in [1.29, 1.82) is 0 Å². The van der Waals surface area contributed by atoms with Gasteiger partial charge in [-0.3, -0.25) is 4.79 Å². The predicted molar refractivity (Wildman–Crippen MR) is 76.9 cm³/mol. The fourth-order valence-electron chi connectivity index (χ4n) is 2.58. The van der Waals surface area contributed by atoms with Crippen molar-refractivity contribution in [3.05, 3.63) is 35.9 Å². The Morgan fingerprint density at radius 3 is 2.55 bits per heavy atom. The minimum atomic E-state index is -1.74. The molecule has 1 N–H and O–H groups in total. The molecule has 4 heteroatoms. The number of likely N-dealkylation sites (N-methyl/N-ethyl adjacent to an activating group) is 1. The Kier molecular flexibility index (Phi) is 4.16. The van der Waals surface area contributed by atoms with E-state index in [1.807, 2.05) is 51.1 Å². The quantitative estimate of drug-likeness (QED) is 0.922. The van der Waals surface area contributed by atoms with Gasteiger partial charge in [0.15, 0.2) is 0 Å². The van der Waals surface area contributed by atoms with Crippen LogP contribution in [0.1, 0.15) is 38.9 Å². The van der Waals surface area contributed by atoms with Crippen LogP contribution in [0.2, 0.25) is 0 Å². The second kappa shape index (κ2) is 5.54. The van der Waals surface area contributed by atoms with Crippen LogP contribution in [-0.4, -0.2) is 34.8 Å². The van der Waals surface area contributed by atoms with Gasteiger partial charge in [-0.2, -0.15) is 0 Å². The first-order chi connectivity index (χ1) is 9.41. The smallest absolute Gasteiger partial charge is 0.283 e. The fourth-order valence-corrected chi connectivity index (χ4v) is 2.58. The van der Waals surface area contributed by atoms with E-state index in [9.17, 15) is 9.90 Å². The Hall–Kier alpha value is -1.39. The number of hydrogen-bond acceptors (Lipinski definition) is 3. The minimum Gasteiger partial charge on any atom is -0.358 e. The van der Waals surface area contributed by atoms with Gasteiger partial charge in [-0.15, -0.1) is 0 Å². The standard InChI is InChI=1S/C16H23NO3/c1-5-11(2)16(19)15(18)17(4)12(3)14(20-16)13-9-7-6-8-10-13/h6-12,14,19H,5H2,1-4H3/t11?,12-,14-,16?/m0/s1. The molecule has 1 saturated heterocycles. The highest BCUT2D eigenvalue weighted by Crippen LogP contribution is 2.38. The number of morpholine rings is 1. The molecule has 0 radical (unpaired) electrons. The van der Waals surface area contributed by atoms with Crippen LogP contribution in [0, 0.1) is 5.92 Å². The van der Waals surface area contributed by atoms with Gasteiger partial charge in [-0.05, 0) is 18.9 Å². The van der Waals surface area contributed by atoms with Crippen LogP contribution in [0.25, 0.3) is 0 Å². The molecule has 110 valence electrons. The second-order valence-corrected chi connectivity index (χ2v) is 5.61. The summed E-state index contributed by atoms with van der Waals surface area (Å²) >= 11 is 0. The van der Waals surface area contributed by atoms with Crippen molar-refractivity contribution >= 4 is 5.91 Å². The number of ether oxygens (including phenoxy) is 1. The molecule has 4 nitrogen and oxygen atoms in total. The first-order valence-corrected chi connectivity index (χ1v) is 7.14. The lowest BCUT2D eigenvalue weighted by Gasteiger charge is -2.47. The van der Waals surface area contributed by atoms with Gasteiger partial charge in [0.1, 0.15) is 6.10 Å². The van der Waals surface area contributed by atoms with Gasteiger partial charge in [-0.25, -0.2) is 0 Å². The van der Waals surface area contributed by atoms with Crippen LogP contribution in [0.3, 0.4) is 0 Å². The number of rotatable bonds is 3. The van der Waals surface area contributed by atoms with Crippen LogP contribution in [0.15, 0.2) is 30.3 Å². The number of aliphatic hydroxyl groups is 1. The predicted octanol–water partition coefficient (Wildman–Crippen LogP) is 2.34. The molecular weight excluding hydrogens is 254 g/mol. The molecule has 2 unspecified atom stereocenters. The van der Waals surface area contributed by atoms with Crippen LogP contribution in [0.5, 0.6) is 0 Å². The summed E-state index contributed by atoms with van der Waals surface area (Å²) in [5.74, 6) is -2.35. The van der Waals surface area contributed by atoms with E-state index in [2.05, 4.69) is 0 Å². The van der Waals surface area contributed by atoms with E-state index >= 15 is 0 Å². The molecule has 2 rings (SSSR count). The molecule has 0 spiro atoms. The molecular formula is C16H23NO3. The van der Waals surface area contributed by atoms with Crippen molar-refractivity contribution < 1.29 is 14.6 Å². The molecule has 0 aromatic heterocycles. The van der Waals surface area contributed by atoms with Crippen molar-refractivity contribution in [2.75, 3.05) is 7.05 Å². The number of carbonyl (C=O) groups is 1. The van der Waals surface area contributed by atoms with Gasteiger partial charge in [0.2, 0.25) is 0 Å². The number of hydrogen-bond donors (Lipinski definition) is 1. The van der Waals surface area contributed by atoms with E-state index in [4.69, 9.17) is 4.74 Å². The highest BCUT2D eigenvalue weighted by molar-refractivity contribution is 5.84. The Balaban J connectivity index is 2.38. The zero-order valence-corrected chi connectivity index (χ0v) is 12.5. The molecule has 1 aromatic carbocycles. The third-order valence-corrected chi connectivity index (χ3v) is 4.39. The second-order valence-electron chi connectivity index (χ2n) is 5.61. The maximum Gasteiger partial charge on any atom is 0.283 e. The molecule has 1 aliphatic rings. The Morgan fingerprint density at radius 2 is 2.00 bits per heavy atom. The lowest BCUT2D eigenvalue weighted by atomic mass is 9.91. The lowest BCUT2D eigenvalue weighted by molar-refractivity contribution is -0.282. The molecule has 1 aliphatic heterocycles. The van der Waals surface area contributed by atoms with Crippen molar-refractivity contribution in [2.24, 2.45) is 5.92 Å². The van der Waals surface area contributed by atoms with Gasteiger partial charge in [0.05, 0.1) is 6.04 Å². The maximum atomic E-state index is 12.4. The number of amides is 1. The Bertz CT molecular complexity index is 476. The monoisotopic (exact) mass is 277 g/mol. The van der Waals surface area contributed by atoms with Gasteiger partial charge in [0.25, 0.3) is 11.7 Å². The summed E-state index contributed by atoms with van der Waals surface area (Å²) in [5, 5.41) is 10.7. The largest absolute Gasteiger partial charge is 0.358 e. The molecule has 1 amide bonds. The van der Waals surface area contributed by atoms with E-state index in [0.29, 0.717) is 6.42 Å². The SMILES string of the molecule is CCC(C)C1(O)O[C@H](c2ccccc2)[C@H](C)N(C)C1=O. The van der Waals surface area contributed by atoms with Crippen molar-refractivity contribution in [3.63, 3.8) is 0 Å². The van der Waals surface area contributed by atoms with Gasteiger partial charge < -0.3 is 14.7 Å². The van der Waals surface area contributed by atoms with E-state index in [1.54, 1.807) is 11.9 Å². The summed E-state index contributed by atoms with van der Waals surface area (Å²) in [6.45, 7) is 5.71. The van der Waals surface area contributed by atoms with Gasteiger partial charge in [-0.1, -0.05) is 44.2 Å². The molecule has 1 heterocycles. The summed E-state index contributed by atoms with van der Waals surface area (Å²) in [7, 11) is 1.72. The first-order valence-electron chi connectivity index (χ1n) is 7.14. The van der Waals surface area contributed by atoms with Crippen LogP contribution < -0.4 is 0 Å². The van der Waals surface area contributed by atoms with E-state index in [1.165, 1.54) is 0 Å². The highest BCUT2D eigenvalue weighted by atomic mass is 16.6. The lowest BCUT2D eigenvalue weighted by Crippen LogP contribution is -2.62. The van der Waals surface area contributed by atoms with Crippen LogP contribution in [0.4, 0.5) is 0 Å². The number of benzene rings is 1. The molecule has 4 atom stereocenters. The van der Waals surface area contributed by atoms with Crippen molar-refractivity contribution in [3.8, 4) is 0 Å². The summed E-state index contributed by atoms with van der Waals surface area (Å²) < 4.78 is 5.87. The van der Waals surface area contributed by atoms with E-state index in [0.717, 1.165) is 5.56 Å². The molecule has 0 bridgehead atoms. The third kappa shape index (κ3) is 2.34. The molecule has 0 saturated carbocycles. The number of nitrogens with zero attached hydrogens (tertiary/aromatic N) is 1. The Morgan fingerprint density at radius 1 is 1.40 bits per heavy atom. The summed E-state index contributed by atoms with van der Waals surface area (Å²) in [6.07, 6.45) is 0.351. The average Bonchev–Trinajstić information content (AvgIpc) is 2.49. The van der Waals surface area contributed by atoms with Crippen LogP contribution in [-0.2, 0) is 9.53 Å². The third-order valence-electron chi connectivity index (χ3n) is 4.39. The molecule has 20 heavy (non-hydrogen) atoms. The van der Waals surface area contributed by atoms with Gasteiger partial charge in [0, 0.05) is 13.0 Å². The average molecular weight is 277 g/mol. The minimum absolute atomic E-state index is 0.116. The Labute approximate surface area is 120 Å². The summed E-state index contributed by atoms with van der Waals surface area (Å²) in [4.78, 5) is 14.0. The zero-order chi connectivity index (χ0) is 14.9. The fraction of sp³-hybridized carbons (Fsp3) is 0.562. The summed E-state index contributed by atoms with van der Waals surface area (Å²) in [5.41, 5.74) is 0.973. The normalized spacial score (nSPS) is 32.2. The van der Waals surface area contributed by atoms with Crippen molar-refractivity contribution in [2.45, 2.75) is 45.1 Å².